The number of alkyl halides is 3. The standard InChI is InChI=1S/C15H13F3N2O2/c16-15(17,18)12-7-4-11(5-8-12)6-9-14(21)19-13-3-1-2-10-20(13)22/h1-5,7-8,10,22H,6,9H2. The molecule has 0 aliphatic carbocycles. The lowest BCUT2D eigenvalue weighted by atomic mass is 10.1. The van der Waals surface area contributed by atoms with Gasteiger partial charge in [0, 0.05) is 12.6 Å². The second kappa shape index (κ2) is 6.46. The summed E-state index contributed by atoms with van der Waals surface area (Å²) >= 11 is 0. The molecule has 0 spiro atoms. The Morgan fingerprint density at radius 1 is 1.14 bits per heavy atom. The Balaban J connectivity index is 2.00. The number of aromatic nitrogens is 1. The van der Waals surface area contributed by atoms with Gasteiger partial charge in [-0.3, -0.25) is 4.79 Å². The van der Waals surface area contributed by atoms with E-state index < -0.39 is 17.6 Å². The van der Waals surface area contributed by atoms with Gasteiger partial charge in [0.15, 0.2) is 5.49 Å². The van der Waals surface area contributed by atoms with Crippen LogP contribution in [0.5, 0.6) is 0 Å². The number of carbonyl (C=O) groups excluding carboxylic acids is 1. The molecule has 1 aromatic carbocycles. The van der Waals surface area contributed by atoms with Gasteiger partial charge in [0.1, 0.15) is 0 Å². The molecule has 0 aliphatic rings. The normalized spacial score (nSPS) is 12.4. The Morgan fingerprint density at radius 3 is 2.41 bits per heavy atom. The van der Waals surface area contributed by atoms with Crippen molar-refractivity contribution in [3.8, 4) is 0 Å². The van der Waals surface area contributed by atoms with Crippen LogP contribution >= 0.6 is 0 Å². The first kappa shape index (κ1) is 15.8. The van der Waals surface area contributed by atoms with Crippen LogP contribution in [0.3, 0.4) is 0 Å². The highest BCUT2D eigenvalue weighted by Crippen LogP contribution is 2.29. The van der Waals surface area contributed by atoms with Crippen molar-refractivity contribution in [3.63, 3.8) is 0 Å². The highest BCUT2D eigenvalue weighted by Gasteiger charge is 2.29. The molecule has 0 unspecified atom stereocenters. The fraction of sp³-hybridized carbons (Fsp3) is 0.200. The van der Waals surface area contributed by atoms with Crippen LogP contribution in [0.25, 0.3) is 0 Å². The Bertz CT molecular complexity index is 719. The molecule has 1 aromatic heterocycles. The SMILES string of the molecule is O=C(CCc1ccc(C(F)(F)F)cc1)N=c1ccccn1O. The predicted molar refractivity (Wildman–Crippen MR) is 72.0 cm³/mol. The molecule has 22 heavy (non-hydrogen) atoms. The van der Waals surface area contributed by atoms with Gasteiger partial charge in [0.2, 0.25) is 5.91 Å². The van der Waals surface area contributed by atoms with Crippen molar-refractivity contribution < 1.29 is 23.2 Å². The number of benzene rings is 1. The van der Waals surface area contributed by atoms with E-state index in [0.717, 1.165) is 16.9 Å². The molecule has 2 aromatic rings. The van der Waals surface area contributed by atoms with E-state index in [1.165, 1.54) is 24.4 Å². The molecular weight excluding hydrogens is 297 g/mol. The first-order valence-electron chi connectivity index (χ1n) is 6.47. The molecule has 0 radical (unpaired) electrons. The first-order valence-corrected chi connectivity index (χ1v) is 6.47. The van der Waals surface area contributed by atoms with Crippen molar-refractivity contribution in [2.24, 2.45) is 4.99 Å². The Morgan fingerprint density at radius 2 is 1.82 bits per heavy atom. The average Bonchev–Trinajstić information content (AvgIpc) is 2.47. The van der Waals surface area contributed by atoms with Crippen LogP contribution in [0, 0.1) is 0 Å². The van der Waals surface area contributed by atoms with E-state index in [4.69, 9.17) is 0 Å². The van der Waals surface area contributed by atoms with Gasteiger partial charge >= 0.3 is 6.18 Å². The van der Waals surface area contributed by atoms with E-state index in [2.05, 4.69) is 4.99 Å². The number of rotatable bonds is 3. The molecule has 0 fully saturated rings. The largest absolute Gasteiger partial charge is 0.427 e. The molecule has 1 N–H and O–H groups in total. The highest BCUT2D eigenvalue weighted by molar-refractivity contribution is 5.77. The molecule has 2 rings (SSSR count). The van der Waals surface area contributed by atoms with Crippen molar-refractivity contribution in [2.75, 3.05) is 0 Å². The lowest BCUT2D eigenvalue weighted by Crippen LogP contribution is -2.19. The van der Waals surface area contributed by atoms with E-state index >= 15 is 0 Å². The Hall–Kier alpha value is -2.57. The van der Waals surface area contributed by atoms with E-state index in [-0.39, 0.29) is 18.3 Å². The number of hydrogen-bond acceptors (Lipinski definition) is 2. The van der Waals surface area contributed by atoms with E-state index in [1.54, 1.807) is 12.1 Å². The van der Waals surface area contributed by atoms with Crippen LogP contribution < -0.4 is 5.49 Å². The van der Waals surface area contributed by atoms with Crippen molar-refractivity contribution in [2.45, 2.75) is 19.0 Å². The van der Waals surface area contributed by atoms with Crippen molar-refractivity contribution in [1.29, 1.82) is 0 Å². The number of carbonyl (C=O) groups is 1. The number of hydrogen-bond donors (Lipinski definition) is 1. The van der Waals surface area contributed by atoms with Crippen LogP contribution in [-0.2, 0) is 17.4 Å². The summed E-state index contributed by atoms with van der Waals surface area (Å²) < 4.78 is 38.0. The summed E-state index contributed by atoms with van der Waals surface area (Å²) in [4.78, 5) is 15.4. The summed E-state index contributed by atoms with van der Waals surface area (Å²) in [7, 11) is 0. The maximum Gasteiger partial charge on any atom is 0.416 e. The average molecular weight is 310 g/mol. The minimum absolute atomic E-state index is 0.0419. The minimum atomic E-state index is -4.37. The molecule has 0 aliphatic heterocycles. The maximum absolute atomic E-state index is 12.4. The van der Waals surface area contributed by atoms with Crippen molar-refractivity contribution in [3.05, 3.63) is 65.3 Å². The summed E-state index contributed by atoms with van der Waals surface area (Å²) in [6.45, 7) is 0. The van der Waals surface area contributed by atoms with Gasteiger partial charge in [-0.2, -0.15) is 22.9 Å². The van der Waals surface area contributed by atoms with Crippen LogP contribution in [0.1, 0.15) is 17.5 Å². The van der Waals surface area contributed by atoms with E-state index in [9.17, 15) is 23.2 Å². The Labute approximate surface area is 124 Å². The number of nitrogens with zero attached hydrogens (tertiary/aromatic N) is 2. The van der Waals surface area contributed by atoms with Crippen LogP contribution in [-0.4, -0.2) is 15.8 Å². The summed E-state index contributed by atoms with van der Waals surface area (Å²) in [6, 6.07) is 9.30. The second-order valence-corrected chi connectivity index (χ2v) is 4.60. The van der Waals surface area contributed by atoms with E-state index in [1.807, 2.05) is 0 Å². The molecule has 0 saturated carbocycles. The smallest absolute Gasteiger partial charge is 0.416 e. The summed E-state index contributed by atoms with van der Waals surface area (Å²) in [5, 5.41) is 9.42. The third kappa shape index (κ3) is 4.21. The topological polar surface area (TPSA) is 54.6 Å². The van der Waals surface area contributed by atoms with Gasteiger partial charge in [-0.1, -0.05) is 18.2 Å². The molecule has 1 amide bonds. The lowest BCUT2D eigenvalue weighted by molar-refractivity contribution is -0.137. The van der Waals surface area contributed by atoms with Crippen LogP contribution in [0.15, 0.2) is 53.7 Å². The molecule has 0 atom stereocenters. The molecule has 7 heteroatoms. The van der Waals surface area contributed by atoms with E-state index in [0.29, 0.717) is 5.56 Å². The zero-order valence-electron chi connectivity index (χ0n) is 11.4. The second-order valence-electron chi connectivity index (χ2n) is 4.60. The monoisotopic (exact) mass is 310 g/mol. The zero-order valence-corrected chi connectivity index (χ0v) is 11.4. The quantitative estimate of drug-likeness (QED) is 0.886. The number of pyridine rings is 1. The maximum atomic E-state index is 12.4. The van der Waals surface area contributed by atoms with Gasteiger partial charge in [-0.25, -0.2) is 0 Å². The lowest BCUT2D eigenvalue weighted by Gasteiger charge is -2.07. The van der Waals surface area contributed by atoms with Gasteiger partial charge in [-0.15, -0.1) is 0 Å². The van der Waals surface area contributed by atoms with Crippen molar-refractivity contribution >= 4 is 5.91 Å². The molecule has 0 bridgehead atoms. The molecule has 116 valence electrons. The predicted octanol–water partition coefficient (Wildman–Crippen LogP) is 2.80. The zero-order chi connectivity index (χ0) is 16.2. The number of halogens is 3. The third-order valence-corrected chi connectivity index (χ3v) is 2.97. The highest BCUT2D eigenvalue weighted by atomic mass is 19.4. The summed E-state index contributed by atoms with van der Waals surface area (Å²) in [6.07, 6.45) is -2.72. The van der Waals surface area contributed by atoms with Gasteiger partial charge < -0.3 is 5.21 Å². The molecule has 1 heterocycles. The minimum Gasteiger partial charge on any atom is -0.427 e. The van der Waals surface area contributed by atoms with Crippen LogP contribution in [0.2, 0.25) is 0 Å². The molecule has 4 nitrogen and oxygen atoms in total. The van der Waals surface area contributed by atoms with Gasteiger partial charge in [0.25, 0.3) is 0 Å². The van der Waals surface area contributed by atoms with Gasteiger partial charge in [0.05, 0.1) is 5.56 Å². The molecule has 0 saturated heterocycles. The van der Waals surface area contributed by atoms with Crippen LogP contribution in [0.4, 0.5) is 13.2 Å². The van der Waals surface area contributed by atoms with Gasteiger partial charge in [-0.05, 0) is 36.2 Å². The fourth-order valence-electron chi connectivity index (χ4n) is 1.81. The Kier molecular flexibility index (Phi) is 4.65. The third-order valence-electron chi connectivity index (χ3n) is 2.97. The summed E-state index contributed by atoms with van der Waals surface area (Å²) in [5.41, 5.74) is -0.0146. The van der Waals surface area contributed by atoms with Crippen molar-refractivity contribution in [1.82, 2.24) is 4.73 Å². The summed E-state index contributed by atoms with van der Waals surface area (Å²) in [5.74, 6) is -0.464. The number of aryl methyl sites for hydroxylation is 1. The number of amides is 1. The molecular formula is C15H13F3N2O2. The fourth-order valence-corrected chi connectivity index (χ4v) is 1.81. The first-order chi connectivity index (χ1) is 10.4.